The first-order chi connectivity index (χ1) is 9.19. The number of rotatable bonds is 4. The molecule has 1 heterocycles. The lowest BCUT2D eigenvalue weighted by Gasteiger charge is -2.07. The maximum Gasteiger partial charge on any atom is 0.328 e. The third-order valence-electron chi connectivity index (χ3n) is 3.46. The first-order valence-electron chi connectivity index (χ1n) is 6.38. The maximum absolute atomic E-state index is 12.1. The highest BCUT2D eigenvalue weighted by atomic mass is 16.5. The molecule has 0 atom stereocenters. The third kappa shape index (κ3) is 2.23. The van der Waals surface area contributed by atoms with Crippen molar-refractivity contribution in [3.05, 3.63) is 46.6 Å². The molecule has 0 unspecified atom stereocenters. The van der Waals surface area contributed by atoms with Gasteiger partial charge in [0.15, 0.2) is 0 Å². The van der Waals surface area contributed by atoms with Crippen LogP contribution in [-0.4, -0.2) is 16.2 Å². The van der Waals surface area contributed by atoms with Gasteiger partial charge in [-0.3, -0.25) is 9.13 Å². The molecule has 0 radical (unpaired) electrons. The normalized spacial score (nSPS) is 14.6. The zero-order valence-corrected chi connectivity index (χ0v) is 10.9. The smallest absolute Gasteiger partial charge is 0.328 e. The van der Waals surface area contributed by atoms with Crippen molar-refractivity contribution in [2.24, 2.45) is 0 Å². The van der Waals surface area contributed by atoms with Gasteiger partial charge in [-0.1, -0.05) is 6.07 Å². The summed E-state index contributed by atoms with van der Waals surface area (Å²) in [6.07, 6.45) is 5.92. The minimum atomic E-state index is 0.0527. The summed E-state index contributed by atoms with van der Waals surface area (Å²) in [5, 5.41) is 0. The Morgan fingerprint density at radius 1 is 1.37 bits per heavy atom. The Hall–Kier alpha value is -2.17. The lowest BCUT2D eigenvalue weighted by molar-refractivity contribution is 0.417. The number of nitrogens with zero attached hydrogens (tertiary/aromatic N) is 2. The van der Waals surface area contributed by atoms with E-state index < -0.39 is 0 Å². The lowest BCUT2D eigenvalue weighted by Crippen LogP contribution is -2.23. The number of ether oxygens (including phenoxy) is 1. The number of nitrogen functional groups attached to an aromatic ring is 1. The molecule has 2 aromatic rings. The van der Waals surface area contributed by atoms with Gasteiger partial charge in [-0.2, -0.15) is 0 Å². The van der Waals surface area contributed by atoms with Crippen LogP contribution in [0, 0.1) is 0 Å². The van der Waals surface area contributed by atoms with E-state index >= 15 is 0 Å². The summed E-state index contributed by atoms with van der Waals surface area (Å²) in [7, 11) is 1.59. The molecule has 1 aliphatic carbocycles. The molecule has 0 aliphatic heterocycles. The Morgan fingerprint density at radius 2 is 2.16 bits per heavy atom. The predicted molar refractivity (Wildman–Crippen MR) is 73.5 cm³/mol. The molecule has 0 spiro atoms. The predicted octanol–water partition coefficient (Wildman–Crippen LogP) is 1.62. The Balaban J connectivity index is 1.85. The second kappa shape index (κ2) is 4.50. The van der Waals surface area contributed by atoms with Crippen LogP contribution >= 0.6 is 0 Å². The molecule has 0 saturated heterocycles. The van der Waals surface area contributed by atoms with Crippen LogP contribution < -0.4 is 16.2 Å². The Labute approximate surface area is 111 Å². The average Bonchev–Trinajstić information content (AvgIpc) is 3.17. The number of nitrogens with two attached hydrogens (primary N) is 1. The molecule has 100 valence electrons. The summed E-state index contributed by atoms with van der Waals surface area (Å²) in [5.74, 6) is 0.659. The van der Waals surface area contributed by atoms with Gasteiger partial charge in [-0.05, 0) is 30.5 Å². The molecule has 1 saturated carbocycles. The van der Waals surface area contributed by atoms with Crippen molar-refractivity contribution in [1.82, 2.24) is 9.13 Å². The average molecular weight is 259 g/mol. The largest absolute Gasteiger partial charge is 0.495 e. The Bertz CT molecular complexity index is 653. The summed E-state index contributed by atoms with van der Waals surface area (Å²) in [6, 6.07) is 6.01. The van der Waals surface area contributed by atoms with Crippen molar-refractivity contribution in [3.63, 3.8) is 0 Å². The van der Waals surface area contributed by atoms with Gasteiger partial charge in [0, 0.05) is 18.4 Å². The van der Waals surface area contributed by atoms with Gasteiger partial charge in [0.1, 0.15) is 5.75 Å². The monoisotopic (exact) mass is 259 g/mol. The van der Waals surface area contributed by atoms with Crippen LogP contribution in [0.2, 0.25) is 0 Å². The standard InChI is InChI=1S/C14H17N3O2/c1-19-13-5-2-10(8-12(13)15)9-16-6-7-17(14(16)18)11-3-4-11/h2,5-8,11H,3-4,9,15H2,1H3. The number of benzene rings is 1. The van der Waals surface area contributed by atoms with E-state index in [1.807, 2.05) is 35.2 Å². The fourth-order valence-electron chi connectivity index (χ4n) is 2.26. The summed E-state index contributed by atoms with van der Waals surface area (Å²) in [4.78, 5) is 12.1. The quantitative estimate of drug-likeness (QED) is 0.849. The minimum Gasteiger partial charge on any atom is -0.495 e. The molecule has 5 heteroatoms. The van der Waals surface area contributed by atoms with Gasteiger partial charge in [0.2, 0.25) is 0 Å². The minimum absolute atomic E-state index is 0.0527. The number of aromatic nitrogens is 2. The molecule has 1 aromatic heterocycles. The van der Waals surface area contributed by atoms with Crippen LogP contribution in [0.4, 0.5) is 5.69 Å². The molecule has 3 rings (SSSR count). The summed E-state index contributed by atoms with van der Waals surface area (Å²) < 4.78 is 8.64. The van der Waals surface area contributed by atoms with E-state index in [2.05, 4.69) is 0 Å². The van der Waals surface area contributed by atoms with Crippen molar-refractivity contribution in [2.75, 3.05) is 12.8 Å². The highest BCUT2D eigenvalue weighted by Crippen LogP contribution is 2.33. The molecular weight excluding hydrogens is 242 g/mol. The molecule has 19 heavy (non-hydrogen) atoms. The van der Waals surface area contributed by atoms with Crippen molar-refractivity contribution in [1.29, 1.82) is 0 Å². The Morgan fingerprint density at radius 3 is 2.79 bits per heavy atom. The SMILES string of the molecule is COc1ccc(Cn2ccn(C3CC3)c2=O)cc1N. The molecule has 1 fully saturated rings. The lowest BCUT2D eigenvalue weighted by atomic mass is 10.2. The number of methoxy groups -OCH3 is 1. The fourth-order valence-corrected chi connectivity index (χ4v) is 2.26. The number of imidazole rings is 1. The highest BCUT2D eigenvalue weighted by Gasteiger charge is 2.25. The highest BCUT2D eigenvalue weighted by molar-refractivity contribution is 5.54. The first kappa shape index (κ1) is 11.9. The second-order valence-corrected chi connectivity index (χ2v) is 4.92. The van der Waals surface area contributed by atoms with Crippen molar-refractivity contribution in [2.45, 2.75) is 25.4 Å². The molecule has 1 aromatic carbocycles. The maximum atomic E-state index is 12.1. The Kier molecular flexibility index (Phi) is 2.81. The van der Waals surface area contributed by atoms with Crippen molar-refractivity contribution >= 4 is 5.69 Å². The zero-order valence-electron chi connectivity index (χ0n) is 10.9. The van der Waals surface area contributed by atoms with Crippen molar-refractivity contribution < 1.29 is 4.74 Å². The number of hydrogen-bond acceptors (Lipinski definition) is 3. The van der Waals surface area contributed by atoms with Crippen LogP contribution in [-0.2, 0) is 6.54 Å². The molecule has 0 bridgehead atoms. The van der Waals surface area contributed by atoms with Gasteiger partial charge in [-0.25, -0.2) is 4.79 Å². The van der Waals surface area contributed by atoms with Gasteiger partial charge >= 0.3 is 5.69 Å². The van der Waals surface area contributed by atoms with E-state index in [1.54, 1.807) is 11.7 Å². The van der Waals surface area contributed by atoms with Crippen molar-refractivity contribution in [3.8, 4) is 5.75 Å². The molecular formula is C14H17N3O2. The van der Waals surface area contributed by atoms with Crippen LogP contribution in [0.5, 0.6) is 5.75 Å². The van der Waals surface area contributed by atoms with E-state index in [0.29, 0.717) is 24.0 Å². The summed E-state index contributed by atoms with van der Waals surface area (Å²) >= 11 is 0. The number of hydrogen-bond donors (Lipinski definition) is 1. The zero-order chi connectivity index (χ0) is 13.4. The molecule has 5 nitrogen and oxygen atoms in total. The first-order valence-corrected chi connectivity index (χ1v) is 6.38. The molecule has 0 amide bonds. The topological polar surface area (TPSA) is 62.2 Å². The van der Waals surface area contributed by atoms with Gasteiger partial charge < -0.3 is 10.5 Å². The van der Waals surface area contributed by atoms with Gasteiger partial charge in [0.05, 0.1) is 19.3 Å². The van der Waals surface area contributed by atoms with Crippen LogP contribution in [0.3, 0.4) is 0 Å². The fraction of sp³-hybridized carbons (Fsp3) is 0.357. The number of anilines is 1. The van der Waals surface area contributed by atoms with E-state index in [-0.39, 0.29) is 5.69 Å². The van der Waals surface area contributed by atoms with Crippen LogP contribution in [0.15, 0.2) is 35.4 Å². The molecule has 1 aliphatic rings. The second-order valence-electron chi connectivity index (χ2n) is 4.92. The third-order valence-corrected chi connectivity index (χ3v) is 3.46. The van der Waals surface area contributed by atoms with Crippen LogP contribution in [0.25, 0.3) is 0 Å². The summed E-state index contributed by atoms with van der Waals surface area (Å²) in [6.45, 7) is 0.534. The molecule has 2 N–H and O–H groups in total. The van der Waals surface area contributed by atoms with E-state index in [4.69, 9.17) is 10.5 Å². The van der Waals surface area contributed by atoms with E-state index in [9.17, 15) is 4.79 Å². The van der Waals surface area contributed by atoms with E-state index in [1.165, 1.54) is 0 Å². The summed E-state index contributed by atoms with van der Waals surface area (Å²) in [5.41, 5.74) is 7.51. The van der Waals surface area contributed by atoms with Crippen LogP contribution in [0.1, 0.15) is 24.4 Å². The van der Waals surface area contributed by atoms with Gasteiger partial charge in [-0.15, -0.1) is 0 Å². The van der Waals surface area contributed by atoms with E-state index in [0.717, 1.165) is 18.4 Å². The van der Waals surface area contributed by atoms with Gasteiger partial charge in [0.25, 0.3) is 0 Å².